The fourth-order valence-corrected chi connectivity index (χ4v) is 5.49. The molecule has 1 aliphatic carbocycles. The van der Waals surface area contributed by atoms with Gasteiger partial charge in [0.1, 0.15) is 19.4 Å². The van der Waals surface area contributed by atoms with Gasteiger partial charge in [0.15, 0.2) is 0 Å². The summed E-state index contributed by atoms with van der Waals surface area (Å²) in [5, 5.41) is 10.4. The summed E-state index contributed by atoms with van der Waals surface area (Å²) in [5.41, 5.74) is 8.72. The van der Waals surface area contributed by atoms with Gasteiger partial charge in [-0.1, -0.05) is 55.7 Å². The third-order valence-electron chi connectivity index (χ3n) is 7.03. The van der Waals surface area contributed by atoms with Gasteiger partial charge < -0.3 is 5.11 Å². The van der Waals surface area contributed by atoms with Crippen molar-refractivity contribution in [1.82, 2.24) is 18.9 Å². The predicted octanol–water partition coefficient (Wildman–Crippen LogP) is 4.63. The second-order valence-corrected chi connectivity index (χ2v) is 9.20. The normalized spacial score (nSPS) is 14.2. The number of phenolic OH excluding ortho intramolecular Hbond substituents is 1. The first-order valence-electron chi connectivity index (χ1n) is 11.0. The molecule has 2 radical (unpaired) electrons. The SMILES string of the molecule is [B]c1cccc2c1nc1n(-c3nccc4c3-c3ccccc3C4(C)C)c3cc(O)ccc3n21. The Hall–Kier alpha value is -4.06. The third-order valence-corrected chi connectivity index (χ3v) is 7.03. The van der Waals surface area contributed by atoms with E-state index in [4.69, 9.17) is 17.8 Å². The molecule has 0 bridgehead atoms. The van der Waals surface area contributed by atoms with Gasteiger partial charge in [-0.25, -0.2) is 9.97 Å². The third kappa shape index (κ3) is 2.23. The number of hydrogen-bond acceptors (Lipinski definition) is 3. The van der Waals surface area contributed by atoms with E-state index < -0.39 is 0 Å². The van der Waals surface area contributed by atoms with Gasteiger partial charge in [-0.05, 0) is 41.0 Å². The van der Waals surface area contributed by atoms with E-state index in [0.717, 1.165) is 33.4 Å². The van der Waals surface area contributed by atoms with Crippen LogP contribution in [0.15, 0.2) is 72.9 Å². The molecule has 0 spiro atoms. The van der Waals surface area contributed by atoms with Crippen molar-refractivity contribution in [3.63, 3.8) is 0 Å². The average molecular weight is 426 g/mol. The Labute approximate surface area is 191 Å². The van der Waals surface area contributed by atoms with Gasteiger partial charge >= 0.3 is 0 Å². The van der Waals surface area contributed by atoms with Gasteiger partial charge in [0.05, 0.1) is 22.1 Å². The Morgan fingerprint density at radius 1 is 0.879 bits per heavy atom. The predicted molar refractivity (Wildman–Crippen MR) is 132 cm³/mol. The lowest BCUT2D eigenvalue weighted by Crippen LogP contribution is -2.15. The maximum Gasteiger partial charge on any atom is 0.221 e. The van der Waals surface area contributed by atoms with Gasteiger partial charge in [0.2, 0.25) is 5.78 Å². The van der Waals surface area contributed by atoms with E-state index in [2.05, 4.69) is 48.6 Å². The smallest absolute Gasteiger partial charge is 0.221 e. The quantitative estimate of drug-likeness (QED) is 0.390. The van der Waals surface area contributed by atoms with Crippen LogP contribution < -0.4 is 5.46 Å². The summed E-state index contributed by atoms with van der Waals surface area (Å²) in [7, 11) is 6.28. The van der Waals surface area contributed by atoms with Crippen LogP contribution in [0.2, 0.25) is 0 Å². The molecule has 6 aromatic rings. The lowest BCUT2D eigenvalue weighted by atomic mass is 9.83. The Bertz CT molecular complexity index is 1780. The molecule has 3 aromatic carbocycles. The lowest BCUT2D eigenvalue weighted by Gasteiger charge is -2.21. The fraction of sp³-hybridized carbons (Fsp3) is 0.111. The summed E-state index contributed by atoms with van der Waals surface area (Å²) in [6, 6.07) is 21.8. The van der Waals surface area contributed by atoms with Gasteiger partial charge in [0, 0.05) is 23.2 Å². The molecule has 156 valence electrons. The second kappa shape index (κ2) is 6.04. The van der Waals surface area contributed by atoms with Gasteiger partial charge in [-0.2, -0.15) is 0 Å². The average Bonchev–Trinajstić information content (AvgIpc) is 3.41. The van der Waals surface area contributed by atoms with Crippen LogP contribution in [0.25, 0.3) is 44.8 Å². The van der Waals surface area contributed by atoms with Crippen molar-refractivity contribution in [2.75, 3.05) is 0 Å². The number of para-hydroxylation sites is 1. The zero-order chi connectivity index (χ0) is 22.5. The molecule has 0 fully saturated rings. The number of phenols is 1. The summed E-state index contributed by atoms with van der Waals surface area (Å²) in [6.45, 7) is 4.50. The highest BCUT2D eigenvalue weighted by Crippen LogP contribution is 2.50. The minimum absolute atomic E-state index is 0.143. The van der Waals surface area contributed by atoms with Gasteiger partial charge in [-0.15, -0.1) is 0 Å². The molecular formula is C27H19BN4O. The molecule has 0 amide bonds. The first kappa shape index (κ1) is 18.5. The van der Waals surface area contributed by atoms with Crippen molar-refractivity contribution in [2.24, 2.45) is 0 Å². The number of pyridine rings is 1. The van der Waals surface area contributed by atoms with Crippen LogP contribution in [-0.4, -0.2) is 31.9 Å². The molecule has 6 heteroatoms. The number of rotatable bonds is 1. The zero-order valence-electron chi connectivity index (χ0n) is 18.2. The van der Waals surface area contributed by atoms with Crippen molar-refractivity contribution in [2.45, 2.75) is 19.3 Å². The monoisotopic (exact) mass is 426 g/mol. The lowest BCUT2D eigenvalue weighted by molar-refractivity contribution is 0.476. The van der Waals surface area contributed by atoms with E-state index in [1.54, 1.807) is 12.1 Å². The molecule has 0 saturated carbocycles. The molecule has 5 nitrogen and oxygen atoms in total. The van der Waals surface area contributed by atoms with Crippen LogP contribution in [0.4, 0.5) is 0 Å². The molecule has 0 aliphatic heterocycles. The van der Waals surface area contributed by atoms with E-state index >= 15 is 0 Å². The van der Waals surface area contributed by atoms with Crippen LogP contribution in [0.1, 0.15) is 25.0 Å². The van der Waals surface area contributed by atoms with Gasteiger partial charge in [0.25, 0.3) is 0 Å². The van der Waals surface area contributed by atoms with Crippen LogP contribution in [-0.2, 0) is 5.41 Å². The Morgan fingerprint density at radius 3 is 2.61 bits per heavy atom. The van der Waals surface area contributed by atoms with E-state index in [0.29, 0.717) is 11.2 Å². The second-order valence-electron chi connectivity index (χ2n) is 9.20. The molecule has 7 rings (SSSR count). The number of hydrogen-bond donors (Lipinski definition) is 1. The summed E-state index contributed by atoms with van der Waals surface area (Å²) in [6.07, 6.45) is 1.87. The van der Waals surface area contributed by atoms with Gasteiger partial charge in [-0.3, -0.25) is 8.97 Å². The molecule has 0 unspecified atom stereocenters. The van der Waals surface area contributed by atoms with Crippen LogP contribution in [0.5, 0.6) is 5.75 Å². The van der Waals surface area contributed by atoms with Crippen LogP contribution >= 0.6 is 0 Å². The molecule has 1 N–H and O–H groups in total. The standard InChI is InChI=1S/C27H19BN4O/c1-27(2)17-7-4-3-6-16(17)23-18(27)12-13-29-25(23)32-22-14-15(33)10-11-20(22)31-21-9-5-8-19(28)24(21)30-26(31)32/h3-14,33H,1-2H3. The number of imidazole rings is 2. The Balaban J connectivity index is 1.70. The molecule has 33 heavy (non-hydrogen) atoms. The van der Waals surface area contributed by atoms with E-state index in [1.165, 1.54) is 16.7 Å². The van der Waals surface area contributed by atoms with Crippen LogP contribution in [0.3, 0.4) is 0 Å². The van der Waals surface area contributed by atoms with Crippen molar-refractivity contribution in [3.8, 4) is 22.7 Å². The van der Waals surface area contributed by atoms with Crippen molar-refractivity contribution >= 4 is 41.2 Å². The highest BCUT2D eigenvalue weighted by molar-refractivity contribution is 6.38. The summed E-state index contributed by atoms with van der Waals surface area (Å²) >= 11 is 0. The zero-order valence-corrected chi connectivity index (χ0v) is 18.2. The van der Waals surface area contributed by atoms with E-state index in [1.807, 2.05) is 35.0 Å². The minimum atomic E-state index is -0.143. The molecular weight excluding hydrogens is 407 g/mol. The maximum absolute atomic E-state index is 10.4. The first-order chi connectivity index (χ1) is 16.0. The van der Waals surface area contributed by atoms with Crippen molar-refractivity contribution in [1.29, 1.82) is 0 Å². The summed E-state index contributed by atoms with van der Waals surface area (Å²) in [4.78, 5) is 9.83. The number of nitrogens with zero attached hydrogens (tertiary/aromatic N) is 4. The Morgan fingerprint density at radius 2 is 1.73 bits per heavy atom. The van der Waals surface area contributed by atoms with Crippen molar-refractivity contribution in [3.05, 3.63) is 84.1 Å². The summed E-state index contributed by atoms with van der Waals surface area (Å²) in [5.74, 6) is 1.71. The number of aromatic nitrogens is 4. The molecule has 3 aromatic heterocycles. The molecule has 1 aliphatic rings. The summed E-state index contributed by atoms with van der Waals surface area (Å²) < 4.78 is 4.14. The van der Waals surface area contributed by atoms with E-state index in [9.17, 15) is 5.11 Å². The number of aromatic hydroxyl groups is 1. The molecule has 0 saturated heterocycles. The topological polar surface area (TPSA) is 55.3 Å². The largest absolute Gasteiger partial charge is 0.508 e. The van der Waals surface area contributed by atoms with Crippen LogP contribution in [0, 0.1) is 0 Å². The minimum Gasteiger partial charge on any atom is -0.508 e. The highest BCUT2D eigenvalue weighted by atomic mass is 16.3. The Kier molecular flexibility index (Phi) is 3.39. The first-order valence-corrected chi connectivity index (χ1v) is 11.0. The molecule has 3 heterocycles. The van der Waals surface area contributed by atoms with Crippen molar-refractivity contribution < 1.29 is 5.11 Å². The van der Waals surface area contributed by atoms with E-state index in [-0.39, 0.29) is 11.2 Å². The fourth-order valence-electron chi connectivity index (χ4n) is 5.49. The number of fused-ring (bicyclic) bond motifs is 8. The molecule has 0 atom stereocenters. The highest BCUT2D eigenvalue weighted by Gasteiger charge is 2.38. The maximum atomic E-state index is 10.4. The number of benzene rings is 3.